The molecule has 2 rings (SSSR count). The fraction of sp³-hybridized carbons (Fsp3) is 0.294. The molecule has 0 aliphatic carbocycles. The highest BCUT2D eigenvalue weighted by molar-refractivity contribution is 14.1. The summed E-state index contributed by atoms with van der Waals surface area (Å²) in [6, 6.07) is 7.53. The molecule has 0 amide bonds. The molecule has 136 valence electrons. The molecule has 2 aromatic rings. The second kappa shape index (κ2) is 7.90. The highest BCUT2D eigenvalue weighted by Crippen LogP contribution is 2.35. The molecule has 0 saturated heterocycles. The fourth-order valence-corrected chi connectivity index (χ4v) is 2.49. The van der Waals surface area contributed by atoms with E-state index in [2.05, 4.69) is 0 Å². The number of aliphatic hydroxyl groups is 2. The molecule has 2 aromatic carbocycles. The zero-order valence-corrected chi connectivity index (χ0v) is 15.7. The van der Waals surface area contributed by atoms with Crippen LogP contribution in [0.15, 0.2) is 36.4 Å². The number of rotatable bonds is 6. The van der Waals surface area contributed by atoms with E-state index in [4.69, 9.17) is 9.94 Å². The Morgan fingerprint density at radius 2 is 1.80 bits per heavy atom. The van der Waals surface area contributed by atoms with Gasteiger partial charge in [0, 0.05) is 3.57 Å². The highest BCUT2D eigenvalue weighted by Gasteiger charge is 2.34. The van der Waals surface area contributed by atoms with Crippen LogP contribution in [0, 0.1) is 21.0 Å². The van der Waals surface area contributed by atoms with Gasteiger partial charge >= 0.3 is 0 Å². The first-order chi connectivity index (χ1) is 11.7. The smallest absolute Gasteiger partial charge is 0.184 e. The minimum absolute atomic E-state index is 0.164. The molecule has 0 spiro atoms. The van der Waals surface area contributed by atoms with Crippen molar-refractivity contribution in [3.05, 3.63) is 57.4 Å². The standard InChI is InChI=1S/C17H17F3INO3/c1-17(2,15(24)9-23)25-22(13-7-6-10(21)8-12(13)19)14-5-3-4-11(18)16(14)20/h3-8,15,23-24H,9H2,1-2H3. The van der Waals surface area contributed by atoms with Gasteiger partial charge in [0.05, 0.1) is 6.61 Å². The first-order valence-electron chi connectivity index (χ1n) is 7.34. The lowest BCUT2D eigenvalue weighted by Crippen LogP contribution is -2.45. The maximum absolute atomic E-state index is 14.4. The van der Waals surface area contributed by atoms with Crippen molar-refractivity contribution in [2.24, 2.45) is 0 Å². The lowest BCUT2D eigenvalue weighted by atomic mass is 10.0. The molecule has 2 N–H and O–H groups in total. The summed E-state index contributed by atoms with van der Waals surface area (Å²) in [4.78, 5) is 5.59. The number of hydrogen-bond donors (Lipinski definition) is 2. The first-order valence-corrected chi connectivity index (χ1v) is 8.42. The van der Waals surface area contributed by atoms with Crippen LogP contribution >= 0.6 is 22.6 Å². The maximum atomic E-state index is 14.4. The van der Waals surface area contributed by atoms with E-state index in [0.29, 0.717) is 3.57 Å². The Hall–Kier alpha value is -1.36. The number of halogens is 4. The van der Waals surface area contributed by atoms with E-state index in [1.54, 1.807) is 6.07 Å². The van der Waals surface area contributed by atoms with E-state index < -0.39 is 35.8 Å². The molecule has 0 radical (unpaired) electrons. The van der Waals surface area contributed by atoms with Crippen molar-refractivity contribution in [2.75, 3.05) is 11.7 Å². The highest BCUT2D eigenvalue weighted by atomic mass is 127. The van der Waals surface area contributed by atoms with Gasteiger partial charge in [0.2, 0.25) is 0 Å². The summed E-state index contributed by atoms with van der Waals surface area (Å²) in [5.74, 6) is -3.07. The number of nitrogens with zero attached hydrogens (tertiary/aromatic N) is 1. The van der Waals surface area contributed by atoms with Crippen LogP contribution in [0.4, 0.5) is 24.5 Å². The molecule has 25 heavy (non-hydrogen) atoms. The molecule has 0 saturated carbocycles. The molecule has 1 atom stereocenters. The average molecular weight is 467 g/mol. The van der Waals surface area contributed by atoms with Gasteiger partial charge in [0.25, 0.3) is 0 Å². The summed E-state index contributed by atoms with van der Waals surface area (Å²) in [5.41, 5.74) is -1.94. The Balaban J connectivity index is 2.57. The van der Waals surface area contributed by atoms with Crippen molar-refractivity contribution >= 4 is 34.0 Å². The normalized spacial score (nSPS) is 13.0. The van der Waals surface area contributed by atoms with Gasteiger partial charge in [0.1, 0.15) is 28.9 Å². The Kier molecular flexibility index (Phi) is 6.30. The molecule has 8 heteroatoms. The number of benzene rings is 2. The summed E-state index contributed by atoms with van der Waals surface area (Å²) in [6.45, 7) is 2.24. The fourth-order valence-electron chi connectivity index (χ4n) is 2.04. The number of aliphatic hydroxyl groups excluding tert-OH is 2. The topological polar surface area (TPSA) is 52.9 Å². The lowest BCUT2D eigenvalue weighted by molar-refractivity contribution is -0.116. The Morgan fingerprint density at radius 3 is 2.40 bits per heavy atom. The van der Waals surface area contributed by atoms with E-state index >= 15 is 0 Å². The third-order valence-electron chi connectivity index (χ3n) is 3.58. The number of anilines is 2. The summed E-state index contributed by atoms with van der Waals surface area (Å²) in [5, 5.41) is 19.8. The van der Waals surface area contributed by atoms with Gasteiger partial charge < -0.3 is 10.2 Å². The molecule has 1 unspecified atom stereocenters. The van der Waals surface area contributed by atoms with Crippen molar-refractivity contribution in [3.63, 3.8) is 0 Å². The van der Waals surface area contributed by atoms with Gasteiger partial charge in [-0.25, -0.2) is 18.2 Å². The zero-order chi connectivity index (χ0) is 18.8. The second-order valence-electron chi connectivity index (χ2n) is 5.86. The van der Waals surface area contributed by atoms with Crippen LogP contribution in [-0.4, -0.2) is 28.5 Å². The molecule has 0 heterocycles. The molecular formula is C17H17F3INO3. The minimum atomic E-state index is -1.41. The van der Waals surface area contributed by atoms with Gasteiger partial charge in [-0.1, -0.05) is 6.07 Å². The van der Waals surface area contributed by atoms with Crippen LogP contribution < -0.4 is 5.06 Å². The number of hydrogen-bond acceptors (Lipinski definition) is 4. The first kappa shape index (κ1) is 20.0. The SMILES string of the molecule is CC(C)(ON(c1ccc(I)cc1F)c1cccc(F)c1F)C(O)CO. The molecular weight excluding hydrogens is 450 g/mol. The Morgan fingerprint density at radius 1 is 1.12 bits per heavy atom. The second-order valence-corrected chi connectivity index (χ2v) is 7.10. The minimum Gasteiger partial charge on any atom is -0.394 e. The van der Waals surface area contributed by atoms with Crippen molar-refractivity contribution in [2.45, 2.75) is 25.6 Å². The van der Waals surface area contributed by atoms with Crippen LogP contribution in [0.1, 0.15) is 13.8 Å². The summed E-state index contributed by atoms with van der Waals surface area (Å²) < 4.78 is 42.9. The maximum Gasteiger partial charge on any atom is 0.184 e. The molecule has 0 aliphatic rings. The van der Waals surface area contributed by atoms with Gasteiger partial charge in [0.15, 0.2) is 11.6 Å². The van der Waals surface area contributed by atoms with Crippen molar-refractivity contribution in [3.8, 4) is 0 Å². The van der Waals surface area contributed by atoms with Gasteiger partial charge in [-0.05, 0) is 66.8 Å². The van der Waals surface area contributed by atoms with Crippen LogP contribution in [0.25, 0.3) is 0 Å². The Labute approximate surface area is 156 Å². The van der Waals surface area contributed by atoms with Gasteiger partial charge in [-0.2, -0.15) is 0 Å². The van der Waals surface area contributed by atoms with Crippen molar-refractivity contribution in [1.29, 1.82) is 0 Å². The predicted molar refractivity (Wildman–Crippen MR) is 95.9 cm³/mol. The molecule has 0 aromatic heterocycles. The molecule has 0 aliphatic heterocycles. The summed E-state index contributed by atoms with van der Waals surface area (Å²) in [7, 11) is 0. The Bertz CT molecular complexity index is 758. The van der Waals surface area contributed by atoms with E-state index in [1.807, 2.05) is 22.6 Å². The largest absolute Gasteiger partial charge is 0.394 e. The molecule has 4 nitrogen and oxygen atoms in total. The quantitative estimate of drug-likeness (QED) is 0.500. The molecule has 0 fully saturated rings. The predicted octanol–water partition coefficient (Wildman–Crippen LogP) is 3.91. The molecule has 0 bridgehead atoms. The van der Waals surface area contributed by atoms with Crippen LogP contribution in [0.2, 0.25) is 0 Å². The zero-order valence-electron chi connectivity index (χ0n) is 13.5. The lowest BCUT2D eigenvalue weighted by Gasteiger charge is -2.36. The third kappa shape index (κ3) is 4.43. The third-order valence-corrected chi connectivity index (χ3v) is 4.25. The van der Waals surface area contributed by atoms with Crippen LogP contribution in [-0.2, 0) is 4.84 Å². The van der Waals surface area contributed by atoms with Crippen molar-refractivity contribution in [1.82, 2.24) is 0 Å². The van der Waals surface area contributed by atoms with E-state index in [0.717, 1.165) is 11.1 Å². The van der Waals surface area contributed by atoms with E-state index in [-0.39, 0.29) is 11.4 Å². The van der Waals surface area contributed by atoms with Crippen molar-refractivity contribution < 1.29 is 28.2 Å². The van der Waals surface area contributed by atoms with E-state index in [1.165, 1.54) is 38.1 Å². The van der Waals surface area contributed by atoms with Crippen LogP contribution in [0.3, 0.4) is 0 Å². The van der Waals surface area contributed by atoms with Crippen LogP contribution in [0.5, 0.6) is 0 Å². The summed E-state index contributed by atoms with van der Waals surface area (Å²) >= 11 is 1.91. The van der Waals surface area contributed by atoms with Gasteiger partial charge in [-0.15, -0.1) is 0 Å². The average Bonchev–Trinajstić information content (AvgIpc) is 2.55. The van der Waals surface area contributed by atoms with E-state index in [9.17, 15) is 18.3 Å². The summed E-state index contributed by atoms with van der Waals surface area (Å²) in [6.07, 6.45) is -1.33. The van der Waals surface area contributed by atoms with Gasteiger partial charge in [-0.3, -0.25) is 4.84 Å². The monoisotopic (exact) mass is 467 g/mol.